The minimum Gasteiger partial charge on any atom is -0.493 e. The van der Waals surface area contributed by atoms with E-state index in [1.807, 2.05) is 30.3 Å². The van der Waals surface area contributed by atoms with Crippen molar-refractivity contribution in [1.29, 1.82) is 0 Å². The van der Waals surface area contributed by atoms with Crippen LogP contribution in [0.15, 0.2) is 30.3 Å². The summed E-state index contributed by atoms with van der Waals surface area (Å²) in [6.07, 6.45) is 1.25. The van der Waals surface area contributed by atoms with Crippen LogP contribution in [0.5, 0.6) is 5.75 Å². The monoisotopic (exact) mass is 262 g/mol. The molecule has 1 aliphatic rings. The summed E-state index contributed by atoms with van der Waals surface area (Å²) in [7, 11) is 0. The molecule has 1 saturated heterocycles. The maximum absolute atomic E-state index is 5.94. The molecule has 0 spiro atoms. The van der Waals surface area contributed by atoms with Crippen LogP contribution in [-0.4, -0.2) is 37.2 Å². The van der Waals surface area contributed by atoms with E-state index >= 15 is 0 Å². The highest BCUT2D eigenvalue weighted by Gasteiger charge is 2.30. The van der Waals surface area contributed by atoms with E-state index in [0.29, 0.717) is 24.4 Å². The third kappa shape index (κ3) is 3.95. The fraction of sp³-hybridized carbons (Fsp3) is 0.625. The largest absolute Gasteiger partial charge is 0.493 e. The molecule has 1 heterocycles. The van der Waals surface area contributed by atoms with Gasteiger partial charge in [-0.2, -0.15) is 0 Å². The summed E-state index contributed by atoms with van der Waals surface area (Å²) in [6, 6.07) is 10.7. The van der Waals surface area contributed by atoms with Gasteiger partial charge < -0.3 is 15.4 Å². The number of nitrogens with zero attached hydrogens (tertiary/aromatic N) is 1. The summed E-state index contributed by atoms with van der Waals surface area (Å²) in [4.78, 5) is 2.54. The van der Waals surface area contributed by atoms with Gasteiger partial charge in [-0.05, 0) is 51.4 Å². The number of likely N-dealkylation sites (tertiary alicyclic amines) is 1. The van der Waals surface area contributed by atoms with Gasteiger partial charge in [-0.25, -0.2) is 0 Å². The Balaban J connectivity index is 1.84. The van der Waals surface area contributed by atoms with Gasteiger partial charge in [0.05, 0.1) is 6.61 Å². The molecular formula is C16H26N2O. The fourth-order valence-electron chi connectivity index (χ4n) is 2.79. The Labute approximate surface area is 116 Å². The van der Waals surface area contributed by atoms with Crippen molar-refractivity contribution in [3.63, 3.8) is 0 Å². The minimum atomic E-state index is 0.462. The van der Waals surface area contributed by atoms with Crippen molar-refractivity contribution in [2.24, 2.45) is 17.6 Å². The number of hydrogen-bond acceptors (Lipinski definition) is 3. The average Bonchev–Trinajstić information content (AvgIpc) is 2.90. The Morgan fingerprint density at radius 3 is 2.63 bits per heavy atom. The lowest BCUT2D eigenvalue weighted by molar-refractivity contribution is 0.188. The van der Waals surface area contributed by atoms with Crippen LogP contribution in [0, 0.1) is 11.8 Å². The van der Waals surface area contributed by atoms with E-state index in [2.05, 4.69) is 18.7 Å². The summed E-state index contributed by atoms with van der Waals surface area (Å²) >= 11 is 0. The molecule has 2 rings (SSSR count). The molecule has 0 aromatic heterocycles. The smallest absolute Gasteiger partial charge is 0.119 e. The zero-order chi connectivity index (χ0) is 13.7. The van der Waals surface area contributed by atoms with E-state index in [-0.39, 0.29) is 0 Å². The SMILES string of the molecule is CC(C)N1CCC(C(CN)COc2ccccc2)C1. The van der Waals surface area contributed by atoms with Crippen molar-refractivity contribution < 1.29 is 4.74 Å². The zero-order valence-electron chi connectivity index (χ0n) is 12.1. The zero-order valence-corrected chi connectivity index (χ0v) is 12.1. The summed E-state index contributed by atoms with van der Waals surface area (Å²) in [5.41, 5.74) is 5.94. The molecule has 2 atom stereocenters. The third-order valence-corrected chi connectivity index (χ3v) is 4.16. The van der Waals surface area contributed by atoms with Gasteiger partial charge in [-0.15, -0.1) is 0 Å². The lowest BCUT2D eigenvalue weighted by Gasteiger charge is -2.24. The first-order chi connectivity index (χ1) is 9.20. The predicted octanol–water partition coefficient (Wildman–Crippen LogP) is 2.37. The van der Waals surface area contributed by atoms with Gasteiger partial charge in [0.25, 0.3) is 0 Å². The van der Waals surface area contributed by atoms with Crippen LogP contribution in [0.4, 0.5) is 0 Å². The Morgan fingerprint density at radius 2 is 2.05 bits per heavy atom. The molecule has 106 valence electrons. The second-order valence-corrected chi connectivity index (χ2v) is 5.76. The van der Waals surface area contributed by atoms with E-state index in [1.54, 1.807) is 0 Å². The van der Waals surface area contributed by atoms with Crippen molar-refractivity contribution >= 4 is 0 Å². The minimum absolute atomic E-state index is 0.462. The molecule has 0 amide bonds. The van der Waals surface area contributed by atoms with E-state index < -0.39 is 0 Å². The van der Waals surface area contributed by atoms with Crippen molar-refractivity contribution in [3.05, 3.63) is 30.3 Å². The van der Waals surface area contributed by atoms with Gasteiger partial charge in [-0.1, -0.05) is 18.2 Å². The molecule has 3 nitrogen and oxygen atoms in total. The van der Waals surface area contributed by atoms with Crippen LogP contribution in [0.2, 0.25) is 0 Å². The first-order valence-electron chi connectivity index (χ1n) is 7.32. The van der Waals surface area contributed by atoms with Gasteiger partial charge in [-0.3, -0.25) is 0 Å². The maximum atomic E-state index is 5.94. The van der Waals surface area contributed by atoms with E-state index in [1.165, 1.54) is 13.0 Å². The molecule has 2 N–H and O–H groups in total. The molecule has 0 bridgehead atoms. The topological polar surface area (TPSA) is 38.5 Å². The summed E-state index contributed by atoms with van der Waals surface area (Å²) < 4.78 is 5.87. The molecule has 1 aliphatic heterocycles. The molecule has 1 aromatic rings. The van der Waals surface area contributed by atoms with Crippen LogP contribution in [-0.2, 0) is 0 Å². The average molecular weight is 262 g/mol. The lowest BCUT2D eigenvalue weighted by Crippen LogP contribution is -2.33. The number of hydrogen-bond donors (Lipinski definition) is 1. The van der Waals surface area contributed by atoms with Crippen LogP contribution >= 0.6 is 0 Å². The van der Waals surface area contributed by atoms with Crippen molar-refractivity contribution in [2.75, 3.05) is 26.2 Å². The van der Waals surface area contributed by atoms with Crippen LogP contribution in [0.3, 0.4) is 0 Å². The first-order valence-corrected chi connectivity index (χ1v) is 7.32. The van der Waals surface area contributed by atoms with Crippen LogP contribution in [0.1, 0.15) is 20.3 Å². The van der Waals surface area contributed by atoms with Gasteiger partial charge in [0.15, 0.2) is 0 Å². The summed E-state index contributed by atoms with van der Waals surface area (Å²) in [5, 5.41) is 0. The third-order valence-electron chi connectivity index (χ3n) is 4.16. The number of nitrogens with two attached hydrogens (primary N) is 1. The molecule has 19 heavy (non-hydrogen) atoms. The van der Waals surface area contributed by atoms with Crippen LogP contribution in [0.25, 0.3) is 0 Å². The molecule has 1 aromatic carbocycles. The second kappa shape index (κ2) is 6.92. The van der Waals surface area contributed by atoms with Crippen molar-refractivity contribution in [3.8, 4) is 5.75 Å². The summed E-state index contributed by atoms with van der Waals surface area (Å²) in [5.74, 6) is 2.08. The Bertz CT molecular complexity index is 366. The van der Waals surface area contributed by atoms with E-state index in [4.69, 9.17) is 10.5 Å². The van der Waals surface area contributed by atoms with E-state index in [0.717, 1.165) is 18.9 Å². The molecule has 0 radical (unpaired) electrons. The van der Waals surface area contributed by atoms with Gasteiger partial charge >= 0.3 is 0 Å². The van der Waals surface area contributed by atoms with Crippen molar-refractivity contribution in [1.82, 2.24) is 4.90 Å². The lowest BCUT2D eigenvalue weighted by atomic mass is 9.92. The van der Waals surface area contributed by atoms with E-state index in [9.17, 15) is 0 Å². The second-order valence-electron chi connectivity index (χ2n) is 5.76. The van der Waals surface area contributed by atoms with Gasteiger partial charge in [0.1, 0.15) is 5.75 Å². The molecule has 0 aliphatic carbocycles. The van der Waals surface area contributed by atoms with Crippen LogP contribution < -0.4 is 10.5 Å². The Morgan fingerprint density at radius 1 is 1.32 bits per heavy atom. The number of rotatable bonds is 6. The van der Waals surface area contributed by atoms with Gasteiger partial charge in [0.2, 0.25) is 0 Å². The normalized spacial score (nSPS) is 21.8. The number of para-hydroxylation sites is 1. The number of benzene rings is 1. The molecule has 3 heteroatoms. The molecular weight excluding hydrogens is 236 g/mol. The predicted molar refractivity (Wildman–Crippen MR) is 79.3 cm³/mol. The fourth-order valence-corrected chi connectivity index (χ4v) is 2.79. The number of ether oxygens (including phenoxy) is 1. The molecule has 2 unspecified atom stereocenters. The highest BCUT2D eigenvalue weighted by Crippen LogP contribution is 2.26. The molecule has 1 fully saturated rings. The maximum Gasteiger partial charge on any atom is 0.119 e. The quantitative estimate of drug-likeness (QED) is 0.855. The Kier molecular flexibility index (Phi) is 5.23. The highest BCUT2D eigenvalue weighted by molar-refractivity contribution is 5.20. The first kappa shape index (κ1) is 14.4. The summed E-state index contributed by atoms with van der Waals surface area (Å²) in [6.45, 7) is 8.34. The highest BCUT2D eigenvalue weighted by atomic mass is 16.5. The van der Waals surface area contributed by atoms with Gasteiger partial charge in [0, 0.05) is 18.5 Å². The van der Waals surface area contributed by atoms with Crippen molar-refractivity contribution in [2.45, 2.75) is 26.3 Å². The molecule has 0 saturated carbocycles. The Hall–Kier alpha value is -1.06. The standard InChI is InChI=1S/C16H26N2O/c1-13(2)18-9-8-14(11-18)15(10-17)12-19-16-6-4-3-5-7-16/h3-7,13-15H,8-12,17H2,1-2H3.